The van der Waals surface area contributed by atoms with E-state index in [0.29, 0.717) is 15.8 Å². The molecule has 1 atom stereocenters. The van der Waals surface area contributed by atoms with Crippen molar-refractivity contribution in [3.05, 3.63) is 77.9 Å². The van der Waals surface area contributed by atoms with Gasteiger partial charge in [0.05, 0.1) is 17.7 Å². The molecular formula is C22H16F3N3O3. The number of hydrazine groups is 1. The van der Waals surface area contributed by atoms with Crippen LogP contribution < -0.4 is 15.8 Å². The zero-order valence-corrected chi connectivity index (χ0v) is 15.9. The number of amides is 3. The predicted octanol–water partition coefficient (Wildman–Crippen LogP) is 3.43. The Morgan fingerprint density at radius 2 is 1.68 bits per heavy atom. The van der Waals surface area contributed by atoms with Crippen molar-refractivity contribution in [1.82, 2.24) is 10.9 Å². The number of nitrogens with one attached hydrogen (secondary N) is 2. The van der Waals surface area contributed by atoms with Crippen molar-refractivity contribution in [2.75, 3.05) is 4.90 Å². The van der Waals surface area contributed by atoms with Crippen LogP contribution in [0.1, 0.15) is 22.3 Å². The number of nitrogens with zero attached hydrogens (tertiary/aromatic N) is 1. The lowest BCUT2D eigenvalue weighted by Gasteiger charge is -2.17. The van der Waals surface area contributed by atoms with Crippen molar-refractivity contribution in [3.8, 4) is 0 Å². The van der Waals surface area contributed by atoms with Crippen LogP contribution in [-0.2, 0) is 15.8 Å². The Bertz CT molecular complexity index is 1190. The van der Waals surface area contributed by atoms with Crippen molar-refractivity contribution >= 4 is 34.2 Å². The number of anilines is 1. The zero-order valence-electron chi connectivity index (χ0n) is 15.9. The number of rotatable bonds is 4. The first-order valence-electron chi connectivity index (χ1n) is 9.33. The van der Waals surface area contributed by atoms with E-state index in [1.807, 2.05) is 18.2 Å². The van der Waals surface area contributed by atoms with Crippen molar-refractivity contribution in [1.29, 1.82) is 0 Å². The molecule has 1 aliphatic heterocycles. The maximum absolute atomic E-state index is 13.0. The Balaban J connectivity index is 1.49. The number of alkyl halides is 3. The molecule has 158 valence electrons. The lowest BCUT2D eigenvalue weighted by atomic mass is 10.0. The van der Waals surface area contributed by atoms with Crippen LogP contribution in [0.4, 0.5) is 18.9 Å². The molecule has 31 heavy (non-hydrogen) atoms. The van der Waals surface area contributed by atoms with Gasteiger partial charge in [0.25, 0.3) is 11.8 Å². The Morgan fingerprint density at radius 3 is 2.45 bits per heavy atom. The van der Waals surface area contributed by atoms with Crippen LogP contribution >= 0.6 is 0 Å². The monoisotopic (exact) mass is 427 g/mol. The molecule has 0 bridgehead atoms. The molecular weight excluding hydrogens is 411 g/mol. The van der Waals surface area contributed by atoms with Gasteiger partial charge in [0.15, 0.2) is 0 Å². The summed E-state index contributed by atoms with van der Waals surface area (Å²) < 4.78 is 38.9. The Kier molecular flexibility index (Phi) is 5.20. The average Bonchev–Trinajstić information content (AvgIpc) is 3.04. The van der Waals surface area contributed by atoms with Crippen molar-refractivity contribution in [2.45, 2.75) is 18.6 Å². The summed E-state index contributed by atoms with van der Waals surface area (Å²) >= 11 is 0. The summed E-state index contributed by atoms with van der Waals surface area (Å²) in [7, 11) is 0. The van der Waals surface area contributed by atoms with Crippen molar-refractivity contribution < 1.29 is 27.6 Å². The van der Waals surface area contributed by atoms with Gasteiger partial charge in [0, 0.05) is 5.56 Å². The van der Waals surface area contributed by atoms with Gasteiger partial charge in [-0.3, -0.25) is 19.8 Å². The van der Waals surface area contributed by atoms with Crippen LogP contribution in [0.3, 0.4) is 0 Å². The molecule has 1 saturated heterocycles. The first-order chi connectivity index (χ1) is 14.8. The third-order valence-corrected chi connectivity index (χ3v) is 4.97. The highest BCUT2D eigenvalue weighted by Gasteiger charge is 2.41. The van der Waals surface area contributed by atoms with Gasteiger partial charge in [-0.25, -0.2) is 10.3 Å². The summed E-state index contributed by atoms with van der Waals surface area (Å²) in [4.78, 5) is 38.3. The van der Waals surface area contributed by atoms with E-state index in [2.05, 4.69) is 10.9 Å². The minimum Gasteiger partial charge on any atom is -0.287 e. The van der Waals surface area contributed by atoms with Gasteiger partial charge in [0.1, 0.15) is 6.04 Å². The molecule has 0 unspecified atom stereocenters. The summed E-state index contributed by atoms with van der Waals surface area (Å²) in [6, 6.07) is 15.3. The van der Waals surface area contributed by atoms with E-state index < -0.39 is 35.5 Å². The number of benzene rings is 3. The van der Waals surface area contributed by atoms with Crippen molar-refractivity contribution in [2.24, 2.45) is 0 Å². The average molecular weight is 427 g/mol. The molecule has 0 spiro atoms. The van der Waals surface area contributed by atoms with Gasteiger partial charge in [0.2, 0.25) is 5.91 Å². The van der Waals surface area contributed by atoms with Crippen LogP contribution in [0, 0.1) is 0 Å². The number of halogens is 3. The minimum absolute atomic E-state index is 0.172. The van der Waals surface area contributed by atoms with Crippen LogP contribution in [0.15, 0.2) is 66.7 Å². The molecule has 3 amide bonds. The number of hydrogen-bond acceptors (Lipinski definition) is 4. The van der Waals surface area contributed by atoms with Gasteiger partial charge in [-0.05, 0) is 35.0 Å². The SMILES string of the molecule is O=C(NN[C@H]1CC(=O)N(c2cccc(C(F)(F)F)c2)C1=O)c1cccc2ccccc12. The molecule has 6 nitrogen and oxygen atoms in total. The van der Waals surface area contributed by atoms with Gasteiger partial charge < -0.3 is 0 Å². The first kappa shape index (κ1) is 20.5. The lowest BCUT2D eigenvalue weighted by molar-refractivity contribution is -0.137. The van der Waals surface area contributed by atoms with Crippen LogP contribution in [0.5, 0.6) is 0 Å². The molecule has 0 saturated carbocycles. The molecule has 0 aliphatic carbocycles. The Morgan fingerprint density at radius 1 is 0.968 bits per heavy atom. The van der Waals surface area contributed by atoms with E-state index in [9.17, 15) is 27.6 Å². The maximum Gasteiger partial charge on any atom is 0.416 e. The smallest absolute Gasteiger partial charge is 0.287 e. The normalized spacial score (nSPS) is 16.7. The third-order valence-electron chi connectivity index (χ3n) is 4.97. The maximum atomic E-state index is 13.0. The van der Waals surface area contributed by atoms with E-state index in [1.54, 1.807) is 24.3 Å². The van der Waals surface area contributed by atoms with E-state index in [1.165, 1.54) is 6.07 Å². The van der Waals surface area contributed by atoms with Gasteiger partial charge in [-0.15, -0.1) is 0 Å². The first-order valence-corrected chi connectivity index (χ1v) is 9.33. The largest absolute Gasteiger partial charge is 0.416 e. The van der Waals surface area contributed by atoms with Crippen molar-refractivity contribution in [3.63, 3.8) is 0 Å². The lowest BCUT2D eigenvalue weighted by Crippen LogP contribution is -2.48. The Hall–Kier alpha value is -3.72. The quantitative estimate of drug-likeness (QED) is 0.494. The molecule has 9 heteroatoms. The summed E-state index contributed by atoms with van der Waals surface area (Å²) in [6.45, 7) is 0. The molecule has 4 rings (SSSR count). The fourth-order valence-electron chi connectivity index (χ4n) is 3.48. The van der Waals surface area contributed by atoms with Gasteiger partial charge in [-0.2, -0.15) is 13.2 Å². The zero-order chi connectivity index (χ0) is 22.2. The highest BCUT2D eigenvalue weighted by atomic mass is 19.4. The molecule has 0 aromatic heterocycles. The second kappa shape index (κ2) is 7.84. The van der Waals surface area contributed by atoms with E-state index in [0.717, 1.165) is 23.6 Å². The van der Waals surface area contributed by atoms with Crippen LogP contribution in [0.25, 0.3) is 10.8 Å². The fraction of sp³-hybridized carbons (Fsp3) is 0.136. The number of fused-ring (bicyclic) bond motifs is 1. The minimum atomic E-state index is -4.61. The highest BCUT2D eigenvalue weighted by molar-refractivity contribution is 6.22. The summed E-state index contributed by atoms with van der Waals surface area (Å²) in [5, 5.41) is 1.57. The van der Waals surface area contributed by atoms with E-state index in [-0.39, 0.29) is 12.1 Å². The molecule has 0 radical (unpaired) electrons. The van der Waals surface area contributed by atoms with Crippen LogP contribution in [-0.4, -0.2) is 23.8 Å². The molecule has 3 aromatic carbocycles. The standard InChI is InChI=1S/C22H16F3N3O3/c23-22(24,25)14-7-4-8-15(11-14)28-19(29)12-18(21(28)31)26-27-20(30)17-10-3-6-13-5-1-2-9-16(13)17/h1-11,18,26H,12H2,(H,27,30)/t18-/m0/s1. The molecule has 1 heterocycles. The van der Waals surface area contributed by atoms with E-state index >= 15 is 0 Å². The second-order valence-corrected chi connectivity index (χ2v) is 7.00. The fourth-order valence-corrected chi connectivity index (χ4v) is 3.48. The molecule has 3 aromatic rings. The summed E-state index contributed by atoms with van der Waals surface area (Å²) in [5.41, 5.74) is 4.19. The topological polar surface area (TPSA) is 78.5 Å². The van der Waals surface area contributed by atoms with Gasteiger partial charge in [-0.1, -0.05) is 42.5 Å². The highest BCUT2D eigenvalue weighted by Crippen LogP contribution is 2.33. The second-order valence-electron chi connectivity index (χ2n) is 7.00. The third kappa shape index (κ3) is 3.99. The number of hydrogen-bond donors (Lipinski definition) is 2. The van der Waals surface area contributed by atoms with Gasteiger partial charge >= 0.3 is 6.18 Å². The molecule has 1 fully saturated rings. The summed E-state index contributed by atoms with van der Waals surface area (Å²) in [5.74, 6) is -1.92. The van der Waals surface area contributed by atoms with E-state index in [4.69, 9.17) is 0 Å². The molecule has 1 aliphatic rings. The number of imide groups is 1. The summed E-state index contributed by atoms with van der Waals surface area (Å²) in [6.07, 6.45) is -4.91. The number of carbonyl (C=O) groups excluding carboxylic acids is 3. The Labute approximate surface area is 174 Å². The number of carbonyl (C=O) groups is 3. The predicted molar refractivity (Wildman–Crippen MR) is 107 cm³/mol. The van der Waals surface area contributed by atoms with Crippen LogP contribution in [0.2, 0.25) is 0 Å². The molecule has 2 N–H and O–H groups in total.